The van der Waals surface area contributed by atoms with Gasteiger partial charge in [0.25, 0.3) is 0 Å². The molecule has 0 bridgehead atoms. The van der Waals surface area contributed by atoms with Crippen molar-refractivity contribution in [3.63, 3.8) is 0 Å². The van der Waals surface area contributed by atoms with Crippen LogP contribution < -0.4 is 10.5 Å². The first kappa shape index (κ1) is 16.8. The monoisotopic (exact) mass is 282 g/mol. The lowest BCUT2D eigenvalue weighted by atomic mass is 10.2. The molecule has 7 heteroatoms. The van der Waals surface area contributed by atoms with Gasteiger partial charge in [0.1, 0.15) is 0 Å². The summed E-state index contributed by atoms with van der Waals surface area (Å²) in [5, 5.41) is 0. The predicted octanol–water partition coefficient (Wildman–Crippen LogP) is 0.786. The number of hydrogen-bond acceptors (Lipinski definition) is 4. The van der Waals surface area contributed by atoms with Crippen LogP contribution in [0.25, 0.3) is 0 Å². The van der Waals surface area contributed by atoms with Crippen molar-refractivity contribution in [2.45, 2.75) is 45.8 Å². The van der Waals surface area contributed by atoms with Gasteiger partial charge < -0.3 is 10.5 Å². The van der Waals surface area contributed by atoms with Gasteiger partial charge in [-0.25, -0.2) is 13.1 Å². The van der Waals surface area contributed by atoms with E-state index in [1.807, 2.05) is 20.8 Å². The third-order valence-electron chi connectivity index (χ3n) is 2.09. The lowest BCUT2D eigenvalue weighted by molar-refractivity contribution is 0.0911. The number of sulfonamides is 1. The Labute approximate surface area is 109 Å². The third-order valence-corrected chi connectivity index (χ3v) is 3.65. The molecule has 5 nitrogen and oxygen atoms in total. The highest BCUT2D eigenvalue weighted by atomic mass is 32.2. The SMILES string of the molecule is CCC(CC(N)=S)NS(=O)(=O)CCOC(C)C. The van der Waals surface area contributed by atoms with Gasteiger partial charge in [0.05, 0.1) is 23.5 Å². The minimum Gasteiger partial charge on any atom is -0.393 e. The summed E-state index contributed by atoms with van der Waals surface area (Å²) in [4.78, 5) is 0.318. The molecule has 0 aromatic rings. The average molecular weight is 282 g/mol. The molecular formula is C10H22N2O3S2. The Kier molecular flexibility index (Phi) is 7.85. The van der Waals surface area contributed by atoms with Gasteiger partial charge in [-0.15, -0.1) is 0 Å². The summed E-state index contributed by atoms with van der Waals surface area (Å²) in [5.41, 5.74) is 5.40. The van der Waals surface area contributed by atoms with Crippen molar-refractivity contribution in [3.05, 3.63) is 0 Å². The topological polar surface area (TPSA) is 81.4 Å². The van der Waals surface area contributed by atoms with Crippen LogP contribution in [0.2, 0.25) is 0 Å². The molecule has 1 unspecified atom stereocenters. The van der Waals surface area contributed by atoms with E-state index in [2.05, 4.69) is 4.72 Å². The number of nitrogens with two attached hydrogens (primary N) is 1. The van der Waals surface area contributed by atoms with Crippen molar-refractivity contribution in [2.75, 3.05) is 12.4 Å². The molecule has 0 radical (unpaired) electrons. The van der Waals surface area contributed by atoms with Crippen LogP contribution in [0.15, 0.2) is 0 Å². The van der Waals surface area contributed by atoms with Crippen LogP contribution in [0.4, 0.5) is 0 Å². The van der Waals surface area contributed by atoms with Crippen LogP contribution in [-0.2, 0) is 14.8 Å². The fourth-order valence-electron chi connectivity index (χ4n) is 1.22. The fraction of sp³-hybridized carbons (Fsp3) is 0.900. The Morgan fingerprint density at radius 3 is 2.47 bits per heavy atom. The summed E-state index contributed by atoms with van der Waals surface area (Å²) in [6.07, 6.45) is 1.07. The molecular weight excluding hydrogens is 260 g/mol. The molecule has 0 aromatic carbocycles. The molecule has 0 amide bonds. The molecule has 0 aliphatic rings. The van der Waals surface area contributed by atoms with Crippen molar-refractivity contribution >= 4 is 27.2 Å². The van der Waals surface area contributed by atoms with E-state index in [0.29, 0.717) is 17.8 Å². The Balaban J connectivity index is 4.17. The van der Waals surface area contributed by atoms with Gasteiger partial charge >= 0.3 is 0 Å². The number of nitrogens with one attached hydrogen (secondary N) is 1. The molecule has 0 fully saturated rings. The van der Waals surface area contributed by atoms with Gasteiger partial charge in [0, 0.05) is 12.5 Å². The largest absolute Gasteiger partial charge is 0.393 e. The van der Waals surface area contributed by atoms with Crippen LogP contribution in [-0.4, -0.2) is 37.9 Å². The molecule has 0 spiro atoms. The molecule has 0 aliphatic heterocycles. The molecule has 17 heavy (non-hydrogen) atoms. The van der Waals surface area contributed by atoms with Crippen LogP contribution in [0.3, 0.4) is 0 Å². The zero-order valence-corrected chi connectivity index (χ0v) is 12.2. The maximum Gasteiger partial charge on any atom is 0.214 e. The van der Waals surface area contributed by atoms with Gasteiger partial charge in [-0.1, -0.05) is 19.1 Å². The summed E-state index contributed by atoms with van der Waals surface area (Å²) >= 11 is 4.77. The number of ether oxygens (including phenoxy) is 1. The second kappa shape index (κ2) is 7.97. The third kappa shape index (κ3) is 9.46. The minimum absolute atomic E-state index is 0.0313. The first-order chi connectivity index (χ1) is 7.76. The van der Waals surface area contributed by atoms with Gasteiger partial charge in [-0.3, -0.25) is 0 Å². The lowest BCUT2D eigenvalue weighted by Gasteiger charge is -2.16. The van der Waals surface area contributed by atoms with Gasteiger partial charge in [0.2, 0.25) is 10.0 Å². The first-order valence-corrected chi connectivity index (χ1v) is 7.72. The zero-order valence-electron chi connectivity index (χ0n) is 10.6. The molecule has 0 rings (SSSR count). The van der Waals surface area contributed by atoms with Crippen molar-refractivity contribution < 1.29 is 13.2 Å². The molecule has 0 saturated heterocycles. The van der Waals surface area contributed by atoms with E-state index < -0.39 is 10.0 Å². The smallest absolute Gasteiger partial charge is 0.214 e. The highest BCUT2D eigenvalue weighted by Crippen LogP contribution is 2.01. The average Bonchev–Trinajstić information content (AvgIpc) is 2.14. The highest BCUT2D eigenvalue weighted by Gasteiger charge is 2.17. The molecule has 0 heterocycles. The summed E-state index contributed by atoms with van der Waals surface area (Å²) in [6.45, 7) is 5.80. The van der Waals surface area contributed by atoms with E-state index >= 15 is 0 Å². The second-order valence-electron chi connectivity index (χ2n) is 4.13. The predicted molar refractivity (Wildman–Crippen MR) is 73.5 cm³/mol. The summed E-state index contributed by atoms with van der Waals surface area (Å²) in [5.74, 6) is -0.0426. The number of rotatable bonds is 9. The zero-order chi connectivity index (χ0) is 13.5. The molecule has 0 aromatic heterocycles. The normalized spacial score (nSPS) is 13.9. The number of hydrogen-bond donors (Lipinski definition) is 2. The maximum atomic E-state index is 11.7. The van der Waals surface area contributed by atoms with Crippen molar-refractivity contribution in [1.29, 1.82) is 0 Å². The quantitative estimate of drug-likeness (QED) is 0.611. The molecule has 0 aliphatic carbocycles. The van der Waals surface area contributed by atoms with Gasteiger partial charge in [-0.05, 0) is 20.3 Å². The van der Waals surface area contributed by atoms with Gasteiger partial charge in [0.15, 0.2) is 0 Å². The van der Waals surface area contributed by atoms with Crippen molar-refractivity contribution in [1.82, 2.24) is 4.72 Å². The fourth-order valence-corrected chi connectivity index (χ4v) is 2.61. The molecule has 3 N–H and O–H groups in total. The first-order valence-electron chi connectivity index (χ1n) is 5.66. The van der Waals surface area contributed by atoms with Crippen molar-refractivity contribution in [2.24, 2.45) is 5.73 Å². The molecule has 102 valence electrons. The van der Waals surface area contributed by atoms with E-state index in [9.17, 15) is 8.42 Å². The van der Waals surface area contributed by atoms with Crippen LogP contribution in [0.1, 0.15) is 33.6 Å². The van der Waals surface area contributed by atoms with Crippen LogP contribution in [0, 0.1) is 0 Å². The van der Waals surface area contributed by atoms with E-state index in [0.717, 1.165) is 0 Å². The minimum atomic E-state index is -3.32. The van der Waals surface area contributed by atoms with E-state index in [1.54, 1.807) is 0 Å². The Morgan fingerprint density at radius 2 is 2.06 bits per heavy atom. The highest BCUT2D eigenvalue weighted by molar-refractivity contribution is 7.89. The van der Waals surface area contributed by atoms with Gasteiger partial charge in [-0.2, -0.15) is 0 Å². The summed E-state index contributed by atoms with van der Waals surface area (Å²) in [6, 6.07) is -0.225. The second-order valence-corrected chi connectivity index (χ2v) is 6.53. The molecule has 1 atom stereocenters. The lowest BCUT2D eigenvalue weighted by Crippen LogP contribution is -2.39. The van der Waals surface area contributed by atoms with E-state index in [1.165, 1.54) is 0 Å². The van der Waals surface area contributed by atoms with Crippen LogP contribution >= 0.6 is 12.2 Å². The maximum absolute atomic E-state index is 11.7. The Bertz CT molecular complexity index is 328. The van der Waals surface area contributed by atoms with Crippen LogP contribution in [0.5, 0.6) is 0 Å². The summed E-state index contributed by atoms with van der Waals surface area (Å²) < 4.78 is 31.2. The number of thiocarbonyl (C=S) groups is 1. The molecule has 0 saturated carbocycles. The van der Waals surface area contributed by atoms with E-state index in [-0.39, 0.29) is 24.5 Å². The Hall–Kier alpha value is -0.240. The van der Waals surface area contributed by atoms with E-state index in [4.69, 9.17) is 22.7 Å². The van der Waals surface area contributed by atoms with Crippen molar-refractivity contribution in [3.8, 4) is 0 Å². The summed E-state index contributed by atoms with van der Waals surface area (Å²) in [7, 11) is -3.32. The standard InChI is InChI=1S/C10H22N2O3S2/c1-4-9(7-10(11)16)12-17(13,14)6-5-15-8(2)3/h8-9,12H,4-7H2,1-3H3,(H2,11,16). The Morgan fingerprint density at radius 1 is 1.47 bits per heavy atom.